The number of hydrogen-bond acceptors (Lipinski definition) is 2. The van der Waals surface area contributed by atoms with Crippen LogP contribution in [0.1, 0.15) is 24.2 Å². The van der Waals surface area contributed by atoms with Gasteiger partial charge in [-0.3, -0.25) is 4.79 Å². The fraction of sp³-hybridized carbons (Fsp3) is 0.556. The number of primary amides is 1. The van der Waals surface area contributed by atoms with Gasteiger partial charge in [-0.1, -0.05) is 0 Å². The van der Waals surface area contributed by atoms with E-state index in [9.17, 15) is 4.79 Å². The lowest BCUT2D eigenvalue weighted by Gasteiger charge is -2.12. The summed E-state index contributed by atoms with van der Waals surface area (Å²) in [5.41, 5.74) is 7.47. The SMILES string of the molecule is NC(=O)Cn1cnc2c1CCCC2. The summed E-state index contributed by atoms with van der Waals surface area (Å²) < 4.78 is 1.87. The Hall–Kier alpha value is -1.32. The molecule has 0 saturated carbocycles. The molecule has 1 amide bonds. The highest BCUT2D eigenvalue weighted by atomic mass is 16.1. The number of aromatic nitrogens is 2. The van der Waals surface area contributed by atoms with E-state index in [4.69, 9.17) is 5.73 Å². The standard InChI is InChI=1S/C9H13N3O/c10-9(13)5-12-6-11-7-3-1-2-4-8(7)12/h6H,1-5H2,(H2,10,13). The molecule has 0 unspecified atom stereocenters. The van der Waals surface area contributed by atoms with Gasteiger partial charge in [-0.25, -0.2) is 4.98 Å². The molecule has 1 aromatic heterocycles. The smallest absolute Gasteiger partial charge is 0.237 e. The Morgan fingerprint density at radius 3 is 3.08 bits per heavy atom. The van der Waals surface area contributed by atoms with E-state index in [1.165, 1.54) is 18.5 Å². The lowest BCUT2D eigenvalue weighted by molar-refractivity contribution is -0.118. The number of nitrogens with zero attached hydrogens (tertiary/aromatic N) is 2. The summed E-state index contributed by atoms with van der Waals surface area (Å²) in [4.78, 5) is 15.0. The van der Waals surface area contributed by atoms with Gasteiger partial charge in [-0.2, -0.15) is 0 Å². The lowest BCUT2D eigenvalue weighted by atomic mass is 10.0. The normalized spacial score (nSPS) is 15.4. The first kappa shape index (κ1) is 8.29. The number of amides is 1. The van der Waals surface area contributed by atoms with Gasteiger partial charge in [0.05, 0.1) is 12.0 Å². The molecule has 2 N–H and O–H groups in total. The molecular weight excluding hydrogens is 166 g/mol. The number of hydrogen-bond donors (Lipinski definition) is 1. The summed E-state index contributed by atoms with van der Waals surface area (Å²) in [5.74, 6) is -0.300. The summed E-state index contributed by atoms with van der Waals surface area (Å²) >= 11 is 0. The minimum atomic E-state index is -0.300. The minimum absolute atomic E-state index is 0.266. The van der Waals surface area contributed by atoms with E-state index in [1.807, 2.05) is 4.57 Å². The third kappa shape index (κ3) is 1.56. The largest absolute Gasteiger partial charge is 0.368 e. The number of aryl methyl sites for hydroxylation is 1. The van der Waals surface area contributed by atoms with E-state index >= 15 is 0 Å². The molecule has 4 heteroatoms. The first-order valence-corrected chi connectivity index (χ1v) is 4.58. The van der Waals surface area contributed by atoms with Gasteiger partial charge in [-0.05, 0) is 25.7 Å². The van der Waals surface area contributed by atoms with Crippen LogP contribution in [0.2, 0.25) is 0 Å². The molecule has 1 aliphatic rings. The molecule has 0 bridgehead atoms. The van der Waals surface area contributed by atoms with Crippen molar-refractivity contribution in [2.75, 3.05) is 0 Å². The van der Waals surface area contributed by atoms with Crippen LogP contribution in [0.3, 0.4) is 0 Å². The number of nitrogens with two attached hydrogens (primary N) is 1. The maximum Gasteiger partial charge on any atom is 0.237 e. The highest BCUT2D eigenvalue weighted by molar-refractivity contribution is 5.73. The van der Waals surface area contributed by atoms with Crippen LogP contribution in [0.4, 0.5) is 0 Å². The average Bonchev–Trinajstić information content (AvgIpc) is 2.48. The minimum Gasteiger partial charge on any atom is -0.368 e. The van der Waals surface area contributed by atoms with Crippen molar-refractivity contribution in [3.8, 4) is 0 Å². The van der Waals surface area contributed by atoms with Crippen molar-refractivity contribution in [2.45, 2.75) is 32.2 Å². The molecule has 0 fully saturated rings. The summed E-state index contributed by atoms with van der Waals surface area (Å²) in [7, 11) is 0. The zero-order valence-corrected chi connectivity index (χ0v) is 7.49. The fourth-order valence-corrected chi connectivity index (χ4v) is 1.84. The third-order valence-electron chi connectivity index (χ3n) is 2.44. The number of fused-ring (bicyclic) bond motifs is 1. The highest BCUT2D eigenvalue weighted by Gasteiger charge is 2.15. The number of rotatable bonds is 2. The van der Waals surface area contributed by atoms with Crippen molar-refractivity contribution in [3.63, 3.8) is 0 Å². The first-order valence-electron chi connectivity index (χ1n) is 4.58. The van der Waals surface area contributed by atoms with Crippen LogP contribution in [0.15, 0.2) is 6.33 Å². The Bertz CT molecular complexity index is 330. The summed E-state index contributed by atoms with van der Waals surface area (Å²) in [6.45, 7) is 0.266. The zero-order chi connectivity index (χ0) is 9.26. The molecule has 0 aliphatic heterocycles. The van der Waals surface area contributed by atoms with Crippen LogP contribution in [0.5, 0.6) is 0 Å². The Morgan fingerprint density at radius 1 is 1.54 bits per heavy atom. The average molecular weight is 179 g/mol. The van der Waals surface area contributed by atoms with Gasteiger partial charge >= 0.3 is 0 Å². The maximum atomic E-state index is 10.7. The second-order valence-electron chi connectivity index (χ2n) is 3.44. The second kappa shape index (κ2) is 3.20. The van der Waals surface area contributed by atoms with Crippen molar-refractivity contribution in [3.05, 3.63) is 17.7 Å². The van der Waals surface area contributed by atoms with Crippen LogP contribution in [-0.2, 0) is 24.2 Å². The van der Waals surface area contributed by atoms with Gasteiger partial charge in [0.1, 0.15) is 6.54 Å². The van der Waals surface area contributed by atoms with E-state index in [1.54, 1.807) is 6.33 Å². The van der Waals surface area contributed by atoms with Gasteiger partial charge in [0.15, 0.2) is 0 Å². The zero-order valence-electron chi connectivity index (χ0n) is 7.49. The second-order valence-corrected chi connectivity index (χ2v) is 3.44. The molecule has 0 spiro atoms. The first-order chi connectivity index (χ1) is 6.27. The molecule has 1 aliphatic carbocycles. The van der Waals surface area contributed by atoms with Crippen molar-refractivity contribution in [1.82, 2.24) is 9.55 Å². The number of carbonyl (C=O) groups excluding carboxylic acids is 1. The highest BCUT2D eigenvalue weighted by Crippen LogP contribution is 2.19. The number of imidazole rings is 1. The Kier molecular flexibility index (Phi) is 2.04. The molecule has 2 rings (SSSR count). The molecule has 0 radical (unpaired) electrons. The number of carbonyl (C=O) groups is 1. The van der Waals surface area contributed by atoms with Gasteiger partial charge in [0, 0.05) is 5.69 Å². The van der Waals surface area contributed by atoms with Crippen molar-refractivity contribution >= 4 is 5.91 Å². The van der Waals surface area contributed by atoms with E-state index in [0.29, 0.717) is 0 Å². The van der Waals surface area contributed by atoms with Crippen molar-refractivity contribution < 1.29 is 4.79 Å². The van der Waals surface area contributed by atoms with E-state index in [-0.39, 0.29) is 12.5 Å². The maximum absolute atomic E-state index is 10.7. The predicted molar refractivity (Wildman–Crippen MR) is 48.1 cm³/mol. The quantitative estimate of drug-likeness (QED) is 0.707. The molecule has 70 valence electrons. The van der Waals surface area contributed by atoms with Gasteiger partial charge < -0.3 is 10.3 Å². The van der Waals surface area contributed by atoms with Gasteiger partial charge in [-0.15, -0.1) is 0 Å². The lowest BCUT2D eigenvalue weighted by Crippen LogP contribution is -2.20. The molecule has 0 saturated heterocycles. The summed E-state index contributed by atoms with van der Waals surface area (Å²) in [6.07, 6.45) is 6.20. The van der Waals surface area contributed by atoms with Crippen molar-refractivity contribution in [2.24, 2.45) is 5.73 Å². The fourth-order valence-electron chi connectivity index (χ4n) is 1.84. The van der Waals surface area contributed by atoms with Crippen LogP contribution in [0.25, 0.3) is 0 Å². The van der Waals surface area contributed by atoms with Gasteiger partial charge in [0.2, 0.25) is 5.91 Å². The molecule has 4 nitrogen and oxygen atoms in total. The topological polar surface area (TPSA) is 60.9 Å². The van der Waals surface area contributed by atoms with Crippen LogP contribution < -0.4 is 5.73 Å². The molecular formula is C9H13N3O. The molecule has 0 aromatic carbocycles. The van der Waals surface area contributed by atoms with Crippen LogP contribution in [-0.4, -0.2) is 15.5 Å². The molecule has 1 heterocycles. The molecule has 13 heavy (non-hydrogen) atoms. The van der Waals surface area contributed by atoms with E-state index < -0.39 is 0 Å². The Balaban J connectivity index is 2.26. The molecule has 1 aromatic rings. The third-order valence-corrected chi connectivity index (χ3v) is 2.44. The van der Waals surface area contributed by atoms with E-state index in [2.05, 4.69) is 4.98 Å². The molecule has 0 atom stereocenters. The Labute approximate surface area is 76.8 Å². The Morgan fingerprint density at radius 2 is 2.31 bits per heavy atom. The van der Waals surface area contributed by atoms with Crippen LogP contribution >= 0.6 is 0 Å². The summed E-state index contributed by atoms with van der Waals surface area (Å²) in [6, 6.07) is 0. The van der Waals surface area contributed by atoms with E-state index in [0.717, 1.165) is 18.5 Å². The van der Waals surface area contributed by atoms with Crippen LogP contribution in [0, 0.1) is 0 Å². The van der Waals surface area contributed by atoms with Gasteiger partial charge in [0.25, 0.3) is 0 Å². The van der Waals surface area contributed by atoms with Crippen molar-refractivity contribution in [1.29, 1.82) is 0 Å². The monoisotopic (exact) mass is 179 g/mol. The predicted octanol–water partition coefficient (Wildman–Crippen LogP) is 0.247. The summed E-state index contributed by atoms with van der Waals surface area (Å²) in [5, 5.41) is 0.